The first-order valence-corrected chi connectivity index (χ1v) is 5.74. The molecule has 0 aliphatic heterocycles. The molecule has 0 amide bonds. The number of methoxy groups -OCH3 is 2. The van der Waals surface area contributed by atoms with Gasteiger partial charge in [-0.2, -0.15) is 0 Å². The van der Waals surface area contributed by atoms with Crippen LogP contribution in [0.3, 0.4) is 0 Å². The first kappa shape index (κ1) is 17.4. The number of hydrogen-bond acceptors (Lipinski definition) is 3. The third-order valence-electron chi connectivity index (χ3n) is 2.33. The highest BCUT2D eigenvalue weighted by Gasteiger charge is 2.17. The molecular formula is C11H15BrClF2NO2. The Morgan fingerprint density at radius 2 is 1.67 bits per heavy atom. The van der Waals surface area contributed by atoms with Crippen LogP contribution < -0.4 is 15.2 Å². The molecule has 0 radical (unpaired) electrons. The Bertz CT molecular complexity index is 368. The second kappa shape index (κ2) is 7.76. The normalized spacial score (nSPS) is 11.9. The summed E-state index contributed by atoms with van der Waals surface area (Å²) in [5, 5.41) is 0. The molecule has 7 heteroatoms. The number of halogens is 4. The van der Waals surface area contributed by atoms with Gasteiger partial charge in [0.05, 0.1) is 14.2 Å². The fourth-order valence-corrected chi connectivity index (χ4v) is 1.98. The molecule has 0 unspecified atom stereocenters. The summed E-state index contributed by atoms with van der Waals surface area (Å²) in [5.41, 5.74) is 6.24. The predicted molar refractivity (Wildman–Crippen MR) is 72.0 cm³/mol. The van der Waals surface area contributed by atoms with Gasteiger partial charge in [0.15, 0.2) is 0 Å². The van der Waals surface area contributed by atoms with Crippen LogP contribution in [0.1, 0.15) is 18.0 Å². The fourth-order valence-electron chi connectivity index (χ4n) is 1.43. The average molecular weight is 347 g/mol. The fraction of sp³-hybridized carbons (Fsp3) is 0.455. The van der Waals surface area contributed by atoms with E-state index < -0.39 is 18.9 Å². The van der Waals surface area contributed by atoms with Gasteiger partial charge in [-0.25, -0.2) is 8.78 Å². The number of ether oxygens (including phenoxy) is 2. The zero-order valence-electron chi connectivity index (χ0n) is 9.95. The van der Waals surface area contributed by atoms with E-state index in [9.17, 15) is 8.78 Å². The van der Waals surface area contributed by atoms with Crippen LogP contribution >= 0.6 is 28.3 Å². The van der Waals surface area contributed by atoms with Crippen LogP contribution in [0.4, 0.5) is 8.78 Å². The van der Waals surface area contributed by atoms with E-state index in [1.807, 2.05) is 0 Å². The van der Waals surface area contributed by atoms with E-state index in [0.29, 0.717) is 21.5 Å². The summed E-state index contributed by atoms with van der Waals surface area (Å²) in [4.78, 5) is 0. The molecule has 2 N–H and O–H groups in total. The Morgan fingerprint density at radius 1 is 1.22 bits per heavy atom. The molecule has 0 heterocycles. The first-order chi connectivity index (χ1) is 7.99. The van der Waals surface area contributed by atoms with Gasteiger partial charge in [0.2, 0.25) is 6.43 Å². The van der Waals surface area contributed by atoms with Crippen LogP contribution in [0.25, 0.3) is 0 Å². The van der Waals surface area contributed by atoms with E-state index in [1.165, 1.54) is 14.2 Å². The molecule has 1 atom stereocenters. The number of nitrogens with two attached hydrogens (primary N) is 1. The zero-order valence-corrected chi connectivity index (χ0v) is 12.4. The standard InChI is InChI=1S/C11H14BrF2NO2.ClH/c1-16-8-3-6(7(15)5-10(13)14)4-9(17-2)11(8)12;/h3-4,7,10H,5,15H2,1-2H3;1H/t7-;/m0./s1. The molecule has 104 valence electrons. The molecular weight excluding hydrogens is 331 g/mol. The zero-order chi connectivity index (χ0) is 13.0. The van der Waals surface area contributed by atoms with Gasteiger partial charge in [-0.05, 0) is 33.6 Å². The molecule has 1 aromatic carbocycles. The summed E-state index contributed by atoms with van der Waals surface area (Å²) < 4.78 is 35.4. The van der Waals surface area contributed by atoms with Gasteiger partial charge >= 0.3 is 0 Å². The number of alkyl halides is 2. The molecule has 0 fully saturated rings. The first-order valence-electron chi connectivity index (χ1n) is 4.94. The van der Waals surface area contributed by atoms with Gasteiger partial charge in [-0.15, -0.1) is 12.4 Å². The predicted octanol–water partition coefficient (Wildman–Crippen LogP) is 3.54. The molecule has 1 aromatic rings. The van der Waals surface area contributed by atoms with Crippen molar-refractivity contribution in [2.75, 3.05) is 14.2 Å². The van der Waals surface area contributed by atoms with Crippen molar-refractivity contribution < 1.29 is 18.3 Å². The maximum absolute atomic E-state index is 12.3. The van der Waals surface area contributed by atoms with Gasteiger partial charge < -0.3 is 15.2 Å². The van der Waals surface area contributed by atoms with Crippen molar-refractivity contribution in [1.82, 2.24) is 0 Å². The second-order valence-electron chi connectivity index (χ2n) is 3.47. The lowest BCUT2D eigenvalue weighted by atomic mass is 10.0. The molecule has 0 saturated carbocycles. The lowest BCUT2D eigenvalue weighted by Gasteiger charge is -2.16. The molecule has 1 rings (SSSR count). The van der Waals surface area contributed by atoms with Gasteiger partial charge in [-0.3, -0.25) is 0 Å². The van der Waals surface area contributed by atoms with E-state index >= 15 is 0 Å². The average Bonchev–Trinajstić information content (AvgIpc) is 2.28. The van der Waals surface area contributed by atoms with Crippen LogP contribution in [0, 0.1) is 0 Å². The molecule has 0 aromatic heterocycles. The van der Waals surface area contributed by atoms with E-state index in [-0.39, 0.29) is 12.4 Å². The van der Waals surface area contributed by atoms with Crippen molar-refractivity contribution in [3.63, 3.8) is 0 Å². The van der Waals surface area contributed by atoms with E-state index in [4.69, 9.17) is 15.2 Å². The highest BCUT2D eigenvalue weighted by molar-refractivity contribution is 9.10. The summed E-state index contributed by atoms with van der Waals surface area (Å²) in [5.74, 6) is 1.01. The van der Waals surface area contributed by atoms with E-state index in [1.54, 1.807) is 12.1 Å². The smallest absolute Gasteiger partial charge is 0.240 e. The summed E-state index contributed by atoms with van der Waals surface area (Å²) >= 11 is 3.30. The van der Waals surface area contributed by atoms with Crippen LogP contribution in [0.15, 0.2) is 16.6 Å². The van der Waals surface area contributed by atoms with Crippen molar-refractivity contribution >= 4 is 28.3 Å². The largest absolute Gasteiger partial charge is 0.495 e. The van der Waals surface area contributed by atoms with Gasteiger partial charge in [-0.1, -0.05) is 0 Å². The lowest BCUT2D eigenvalue weighted by Crippen LogP contribution is -2.14. The monoisotopic (exact) mass is 345 g/mol. The van der Waals surface area contributed by atoms with Crippen LogP contribution in [-0.2, 0) is 0 Å². The molecule has 3 nitrogen and oxygen atoms in total. The SMILES string of the molecule is COc1cc([C@@H](N)CC(F)F)cc(OC)c1Br.Cl. The number of rotatable bonds is 5. The van der Waals surface area contributed by atoms with Crippen molar-refractivity contribution in [1.29, 1.82) is 0 Å². The van der Waals surface area contributed by atoms with Gasteiger partial charge in [0, 0.05) is 12.5 Å². The van der Waals surface area contributed by atoms with Crippen molar-refractivity contribution in [3.8, 4) is 11.5 Å². The molecule has 0 aliphatic rings. The highest BCUT2D eigenvalue weighted by Crippen LogP contribution is 2.37. The van der Waals surface area contributed by atoms with Crippen LogP contribution in [0.5, 0.6) is 11.5 Å². The third-order valence-corrected chi connectivity index (χ3v) is 3.11. The summed E-state index contributed by atoms with van der Waals surface area (Å²) in [7, 11) is 2.98. The Labute approximate surface area is 119 Å². The Kier molecular flexibility index (Phi) is 7.51. The Hall–Kier alpha value is -0.590. The van der Waals surface area contributed by atoms with Crippen molar-refractivity contribution in [2.45, 2.75) is 18.9 Å². The Morgan fingerprint density at radius 3 is 2.00 bits per heavy atom. The second-order valence-corrected chi connectivity index (χ2v) is 4.27. The minimum absolute atomic E-state index is 0. The number of benzene rings is 1. The highest BCUT2D eigenvalue weighted by atomic mass is 79.9. The quantitative estimate of drug-likeness (QED) is 0.887. The summed E-state index contributed by atoms with van der Waals surface area (Å²) in [6.07, 6.45) is -2.83. The summed E-state index contributed by atoms with van der Waals surface area (Å²) in [6.45, 7) is 0. The van der Waals surface area contributed by atoms with Crippen LogP contribution in [0.2, 0.25) is 0 Å². The van der Waals surface area contributed by atoms with Crippen molar-refractivity contribution in [2.24, 2.45) is 5.73 Å². The molecule has 18 heavy (non-hydrogen) atoms. The Balaban J connectivity index is 0.00000289. The topological polar surface area (TPSA) is 44.5 Å². The maximum atomic E-state index is 12.3. The third kappa shape index (κ3) is 4.26. The van der Waals surface area contributed by atoms with Crippen molar-refractivity contribution in [3.05, 3.63) is 22.2 Å². The molecule has 0 saturated heterocycles. The lowest BCUT2D eigenvalue weighted by molar-refractivity contribution is 0.128. The summed E-state index contributed by atoms with van der Waals surface area (Å²) in [6, 6.07) is 2.50. The minimum atomic E-state index is -2.44. The minimum Gasteiger partial charge on any atom is -0.495 e. The van der Waals surface area contributed by atoms with E-state index in [2.05, 4.69) is 15.9 Å². The maximum Gasteiger partial charge on any atom is 0.240 e. The number of hydrogen-bond donors (Lipinski definition) is 1. The van der Waals surface area contributed by atoms with Gasteiger partial charge in [0.1, 0.15) is 16.0 Å². The molecule has 0 aliphatic carbocycles. The van der Waals surface area contributed by atoms with E-state index in [0.717, 1.165) is 0 Å². The molecule has 0 spiro atoms. The van der Waals surface area contributed by atoms with Gasteiger partial charge in [0.25, 0.3) is 0 Å². The van der Waals surface area contributed by atoms with Crippen LogP contribution in [-0.4, -0.2) is 20.6 Å². The molecule has 0 bridgehead atoms.